The molecule has 176 valence electrons. The van der Waals surface area contributed by atoms with E-state index in [1.54, 1.807) is 0 Å². The fourth-order valence-electron chi connectivity index (χ4n) is 4.22. The Balaban J connectivity index is 1.34. The van der Waals surface area contributed by atoms with Crippen LogP contribution in [0, 0.1) is 5.92 Å². The van der Waals surface area contributed by atoms with Crippen LogP contribution in [-0.2, 0) is 22.1 Å². The molecule has 0 saturated heterocycles. The van der Waals surface area contributed by atoms with Crippen molar-refractivity contribution in [3.8, 4) is 11.1 Å². The number of fused-ring (bicyclic) bond motifs is 3. The fourth-order valence-corrected chi connectivity index (χ4v) is 4.22. The zero-order valence-electron chi connectivity index (χ0n) is 18.0. The summed E-state index contributed by atoms with van der Waals surface area (Å²) in [6, 6.07) is 20.1. The summed E-state index contributed by atoms with van der Waals surface area (Å²) in [6.45, 7) is -0.121. The molecule has 1 unspecified atom stereocenters. The van der Waals surface area contributed by atoms with E-state index in [4.69, 9.17) is 4.74 Å². The molecular weight excluding hydrogens is 447 g/mol. The van der Waals surface area contributed by atoms with Gasteiger partial charge in [-0.05, 0) is 46.4 Å². The second kappa shape index (κ2) is 9.59. The molecule has 4 rings (SSSR count). The van der Waals surface area contributed by atoms with Crippen LogP contribution >= 0.6 is 0 Å². The van der Waals surface area contributed by atoms with Gasteiger partial charge in [0.05, 0.1) is 11.5 Å². The number of amides is 1. The van der Waals surface area contributed by atoms with Crippen molar-refractivity contribution in [3.63, 3.8) is 0 Å². The minimum absolute atomic E-state index is 0.0306. The second-order valence-electron chi connectivity index (χ2n) is 8.14. The lowest BCUT2D eigenvalue weighted by Crippen LogP contribution is -2.35. The van der Waals surface area contributed by atoms with Gasteiger partial charge < -0.3 is 15.2 Å². The molecule has 3 aromatic rings. The van der Waals surface area contributed by atoms with Crippen molar-refractivity contribution in [1.82, 2.24) is 5.32 Å². The largest absolute Gasteiger partial charge is 0.481 e. The maximum atomic E-state index is 12.7. The van der Waals surface area contributed by atoms with Crippen molar-refractivity contribution in [2.45, 2.75) is 18.5 Å². The van der Waals surface area contributed by atoms with E-state index in [1.807, 2.05) is 48.5 Å². The highest BCUT2D eigenvalue weighted by Gasteiger charge is 2.31. The van der Waals surface area contributed by atoms with Gasteiger partial charge in [-0.2, -0.15) is 13.2 Å². The van der Waals surface area contributed by atoms with E-state index in [0.717, 1.165) is 34.4 Å². The van der Waals surface area contributed by atoms with Crippen LogP contribution in [0.4, 0.5) is 18.0 Å². The molecule has 0 spiro atoms. The highest BCUT2D eigenvalue weighted by atomic mass is 19.4. The van der Waals surface area contributed by atoms with Crippen molar-refractivity contribution in [2.24, 2.45) is 5.92 Å². The summed E-state index contributed by atoms with van der Waals surface area (Å²) in [4.78, 5) is 23.9. The molecule has 0 fully saturated rings. The highest BCUT2D eigenvalue weighted by Crippen LogP contribution is 2.44. The molecule has 2 N–H and O–H groups in total. The predicted octanol–water partition coefficient (Wildman–Crippen LogP) is 5.49. The van der Waals surface area contributed by atoms with Crippen molar-refractivity contribution in [1.29, 1.82) is 0 Å². The van der Waals surface area contributed by atoms with Gasteiger partial charge in [0.15, 0.2) is 0 Å². The van der Waals surface area contributed by atoms with E-state index in [-0.39, 0.29) is 25.5 Å². The van der Waals surface area contributed by atoms with Crippen LogP contribution in [0.1, 0.15) is 28.2 Å². The van der Waals surface area contributed by atoms with Crippen LogP contribution in [0.3, 0.4) is 0 Å². The number of halogens is 3. The maximum absolute atomic E-state index is 12.7. The summed E-state index contributed by atoms with van der Waals surface area (Å²) in [5.41, 5.74) is 3.92. The fraction of sp³-hybridized carbons (Fsp3) is 0.231. The minimum Gasteiger partial charge on any atom is -0.481 e. The third-order valence-corrected chi connectivity index (χ3v) is 5.95. The third kappa shape index (κ3) is 5.06. The number of alkyl carbamates (subject to hydrolysis) is 1. The molecular formula is C26H22F3NO4. The summed E-state index contributed by atoms with van der Waals surface area (Å²) in [6.07, 6.45) is -5.24. The minimum atomic E-state index is -4.46. The van der Waals surface area contributed by atoms with E-state index in [9.17, 15) is 27.9 Å². The molecule has 8 heteroatoms. The Kier molecular flexibility index (Phi) is 6.58. The van der Waals surface area contributed by atoms with Crippen LogP contribution in [0.15, 0.2) is 72.8 Å². The number of carbonyl (C=O) groups is 2. The molecule has 0 aliphatic heterocycles. The Hall–Kier alpha value is -3.81. The van der Waals surface area contributed by atoms with E-state index in [2.05, 4.69) is 5.32 Å². The molecule has 5 nitrogen and oxygen atoms in total. The predicted molar refractivity (Wildman–Crippen MR) is 119 cm³/mol. The molecule has 0 radical (unpaired) electrons. The standard InChI is InChI=1S/C26H22F3NO4/c27-26(28,29)18-11-9-16(10-12-18)13-17(24(31)32)14-30-25(33)34-15-23-21-7-3-1-5-19(21)20-6-2-4-8-22(20)23/h1-12,17,23H,13-15H2,(H,30,33)(H,31,32). The number of nitrogens with one attached hydrogen (secondary N) is 1. The average molecular weight is 469 g/mol. The van der Waals surface area contributed by atoms with Crippen LogP contribution in [0.25, 0.3) is 11.1 Å². The molecule has 1 aliphatic rings. The summed E-state index contributed by atoms with van der Waals surface area (Å²) >= 11 is 0. The molecule has 1 amide bonds. The van der Waals surface area contributed by atoms with Crippen LogP contribution in [-0.4, -0.2) is 30.3 Å². The molecule has 1 aliphatic carbocycles. The number of rotatable bonds is 7. The maximum Gasteiger partial charge on any atom is 0.416 e. The average Bonchev–Trinajstić information content (AvgIpc) is 3.13. The first-order chi connectivity index (χ1) is 16.2. The summed E-state index contributed by atoms with van der Waals surface area (Å²) in [5, 5.41) is 12.0. The number of ether oxygens (including phenoxy) is 1. The molecule has 0 bridgehead atoms. The quantitative estimate of drug-likeness (QED) is 0.480. The number of hydrogen-bond acceptors (Lipinski definition) is 3. The van der Waals surface area contributed by atoms with Crippen LogP contribution < -0.4 is 5.32 Å². The van der Waals surface area contributed by atoms with Crippen LogP contribution in [0.5, 0.6) is 0 Å². The van der Waals surface area contributed by atoms with Crippen molar-refractivity contribution in [2.75, 3.05) is 13.2 Å². The van der Waals surface area contributed by atoms with Gasteiger partial charge in [-0.25, -0.2) is 4.79 Å². The smallest absolute Gasteiger partial charge is 0.416 e. The Morgan fingerprint density at radius 1 is 0.912 bits per heavy atom. The molecule has 0 heterocycles. The van der Waals surface area contributed by atoms with Gasteiger partial charge in [0.25, 0.3) is 0 Å². The Morgan fingerprint density at radius 3 is 2.00 bits per heavy atom. The lowest BCUT2D eigenvalue weighted by Gasteiger charge is -2.17. The van der Waals surface area contributed by atoms with E-state index >= 15 is 0 Å². The summed E-state index contributed by atoms with van der Waals surface area (Å²) in [5.74, 6) is -2.31. The monoisotopic (exact) mass is 469 g/mol. The number of carboxylic acids is 1. The normalized spacial score (nSPS) is 13.6. The highest BCUT2D eigenvalue weighted by molar-refractivity contribution is 5.79. The number of benzene rings is 3. The van der Waals surface area contributed by atoms with Gasteiger partial charge in [0.1, 0.15) is 6.61 Å². The first-order valence-corrected chi connectivity index (χ1v) is 10.7. The zero-order valence-corrected chi connectivity index (χ0v) is 18.0. The van der Waals surface area contributed by atoms with Crippen molar-refractivity contribution >= 4 is 12.1 Å². The second-order valence-corrected chi connectivity index (χ2v) is 8.14. The first-order valence-electron chi connectivity index (χ1n) is 10.7. The lowest BCUT2D eigenvalue weighted by atomic mass is 9.98. The van der Waals surface area contributed by atoms with Crippen LogP contribution in [0.2, 0.25) is 0 Å². The van der Waals surface area contributed by atoms with Crippen molar-refractivity contribution in [3.05, 3.63) is 95.1 Å². The third-order valence-electron chi connectivity index (χ3n) is 5.95. The van der Waals surface area contributed by atoms with Gasteiger partial charge in [-0.15, -0.1) is 0 Å². The molecule has 34 heavy (non-hydrogen) atoms. The topological polar surface area (TPSA) is 75.6 Å². The van der Waals surface area contributed by atoms with Crippen molar-refractivity contribution < 1.29 is 32.6 Å². The summed E-state index contributed by atoms with van der Waals surface area (Å²) < 4.78 is 43.5. The Bertz CT molecular complexity index is 1150. The van der Waals surface area contributed by atoms with Gasteiger partial charge in [0, 0.05) is 12.5 Å². The molecule has 3 aromatic carbocycles. The number of carbonyl (C=O) groups excluding carboxylic acids is 1. The SMILES string of the molecule is O=C(NCC(Cc1ccc(C(F)(F)F)cc1)C(=O)O)OCC1c2ccccc2-c2ccccc21. The molecule has 1 atom stereocenters. The Morgan fingerprint density at radius 2 is 1.47 bits per heavy atom. The van der Waals surface area contributed by atoms with Gasteiger partial charge >= 0.3 is 18.2 Å². The van der Waals surface area contributed by atoms with Gasteiger partial charge in [-0.1, -0.05) is 60.7 Å². The number of hydrogen-bond donors (Lipinski definition) is 2. The Labute approximate surface area is 194 Å². The van der Waals surface area contributed by atoms with Gasteiger partial charge in [-0.3, -0.25) is 4.79 Å². The van der Waals surface area contributed by atoms with E-state index < -0.39 is 29.7 Å². The van der Waals surface area contributed by atoms with E-state index in [0.29, 0.717) is 5.56 Å². The number of alkyl halides is 3. The zero-order chi connectivity index (χ0) is 24.3. The molecule has 0 saturated carbocycles. The summed E-state index contributed by atoms with van der Waals surface area (Å²) in [7, 11) is 0. The lowest BCUT2D eigenvalue weighted by molar-refractivity contribution is -0.141. The number of aliphatic carboxylic acids is 1. The number of carboxylic acid groups (broad SMARTS) is 1. The molecule has 0 aromatic heterocycles. The van der Waals surface area contributed by atoms with E-state index in [1.165, 1.54) is 12.1 Å². The van der Waals surface area contributed by atoms with Gasteiger partial charge in [0.2, 0.25) is 0 Å². The first kappa shape index (κ1) is 23.4.